The number of benzene rings is 2. The van der Waals surface area contributed by atoms with Gasteiger partial charge in [0.1, 0.15) is 11.6 Å². The Hall–Kier alpha value is -2.79. The van der Waals surface area contributed by atoms with E-state index in [0.29, 0.717) is 16.8 Å². The lowest BCUT2D eigenvalue weighted by molar-refractivity contribution is 0.417. The molecule has 1 aromatic heterocycles. The van der Waals surface area contributed by atoms with Gasteiger partial charge in [-0.25, -0.2) is 4.98 Å². The molecule has 0 radical (unpaired) electrons. The Bertz CT molecular complexity index is 854. The maximum absolute atomic E-state index is 6.19. The summed E-state index contributed by atoms with van der Waals surface area (Å²) in [6, 6.07) is 17.0. The summed E-state index contributed by atoms with van der Waals surface area (Å²) in [7, 11) is 1.63. The van der Waals surface area contributed by atoms with E-state index in [1.54, 1.807) is 7.11 Å². The van der Waals surface area contributed by atoms with Gasteiger partial charge in [-0.05, 0) is 31.2 Å². The van der Waals surface area contributed by atoms with E-state index in [4.69, 9.17) is 16.3 Å². The molecule has 0 atom stereocenters. The predicted octanol–water partition coefficient (Wildman–Crippen LogP) is 4.93. The molecule has 0 unspecified atom stereocenters. The molecule has 0 fully saturated rings. The van der Waals surface area contributed by atoms with Gasteiger partial charge in [0, 0.05) is 11.8 Å². The van der Waals surface area contributed by atoms with Crippen molar-refractivity contribution < 1.29 is 4.74 Å². The summed E-state index contributed by atoms with van der Waals surface area (Å²) in [5, 5.41) is 7.03. The van der Waals surface area contributed by atoms with Gasteiger partial charge in [-0.15, -0.1) is 0 Å². The molecule has 6 heteroatoms. The first-order valence-corrected chi connectivity index (χ1v) is 7.81. The van der Waals surface area contributed by atoms with Crippen LogP contribution >= 0.6 is 11.6 Å². The standard InChI is InChI=1S/C18H17ClN4O/c1-12-11-17(21-14-8-4-3-7-13(14)19)23-18(20-12)22-15-9-5-6-10-16(15)24-2/h3-11H,1-2H3,(H2,20,21,22,23). The van der Waals surface area contributed by atoms with Crippen molar-refractivity contribution in [2.45, 2.75) is 6.92 Å². The Balaban J connectivity index is 1.88. The van der Waals surface area contributed by atoms with Gasteiger partial charge in [0.15, 0.2) is 0 Å². The van der Waals surface area contributed by atoms with Crippen molar-refractivity contribution in [1.29, 1.82) is 0 Å². The largest absolute Gasteiger partial charge is 0.495 e. The van der Waals surface area contributed by atoms with E-state index < -0.39 is 0 Å². The van der Waals surface area contributed by atoms with Crippen molar-refractivity contribution in [1.82, 2.24) is 9.97 Å². The van der Waals surface area contributed by atoms with Gasteiger partial charge in [0.25, 0.3) is 0 Å². The fraction of sp³-hybridized carbons (Fsp3) is 0.111. The highest BCUT2D eigenvalue weighted by molar-refractivity contribution is 6.33. The van der Waals surface area contributed by atoms with E-state index >= 15 is 0 Å². The fourth-order valence-corrected chi connectivity index (χ4v) is 2.44. The number of hydrogen-bond acceptors (Lipinski definition) is 5. The highest BCUT2D eigenvalue weighted by Crippen LogP contribution is 2.28. The van der Waals surface area contributed by atoms with Crippen LogP contribution in [0.1, 0.15) is 5.69 Å². The number of ether oxygens (including phenoxy) is 1. The summed E-state index contributed by atoms with van der Waals surface area (Å²) in [5.41, 5.74) is 2.42. The first-order chi connectivity index (χ1) is 11.7. The normalized spacial score (nSPS) is 10.3. The maximum atomic E-state index is 6.19. The summed E-state index contributed by atoms with van der Waals surface area (Å²) in [5.74, 6) is 1.87. The van der Waals surface area contributed by atoms with Gasteiger partial charge in [-0.2, -0.15) is 4.98 Å². The van der Waals surface area contributed by atoms with Crippen LogP contribution in [0.5, 0.6) is 5.75 Å². The summed E-state index contributed by atoms with van der Waals surface area (Å²) in [6.45, 7) is 1.91. The van der Waals surface area contributed by atoms with Crippen molar-refractivity contribution >= 4 is 34.7 Å². The van der Waals surface area contributed by atoms with Crippen LogP contribution in [0, 0.1) is 6.92 Å². The summed E-state index contributed by atoms with van der Waals surface area (Å²) in [4.78, 5) is 8.91. The van der Waals surface area contributed by atoms with Crippen LogP contribution in [0.2, 0.25) is 5.02 Å². The Morgan fingerprint density at radius 1 is 0.917 bits per heavy atom. The second-order valence-electron chi connectivity index (χ2n) is 5.15. The molecule has 0 aliphatic carbocycles. The predicted molar refractivity (Wildman–Crippen MR) is 97.8 cm³/mol. The number of anilines is 4. The van der Waals surface area contributed by atoms with Gasteiger partial charge in [0.2, 0.25) is 5.95 Å². The summed E-state index contributed by atoms with van der Waals surface area (Å²) < 4.78 is 5.34. The van der Waals surface area contributed by atoms with Crippen LogP contribution in [0.25, 0.3) is 0 Å². The van der Waals surface area contributed by atoms with Crippen LogP contribution in [-0.4, -0.2) is 17.1 Å². The lowest BCUT2D eigenvalue weighted by Gasteiger charge is -2.12. The topological polar surface area (TPSA) is 59.1 Å². The maximum Gasteiger partial charge on any atom is 0.229 e. The number of methoxy groups -OCH3 is 1. The van der Waals surface area contributed by atoms with E-state index in [9.17, 15) is 0 Å². The van der Waals surface area contributed by atoms with Gasteiger partial charge >= 0.3 is 0 Å². The zero-order valence-electron chi connectivity index (χ0n) is 13.4. The highest BCUT2D eigenvalue weighted by Gasteiger charge is 2.07. The molecule has 0 aliphatic rings. The van der Waals surface area contributed by atoms with E-state index in [2.05, 4.69) is 20.6 Å². The minimum Gasteiger partial charge on any atom is -0.495 e. The Morgan fingerprint density at radius 2 is 1.62 bits per heavy atom. The van der Waals surface area contributed by atoms with Crippen molar-refractivity contribution in [2.75, 3.05) is 17.7 Å². The Kier molecular flexibility index (Phi) is 4.82. The van der Waals surface area contributed by atoms with Crippen molar-refractivity contribution in [3.63, 3.8) is 0 Å². The molecule has 0 aliphatic heterocycles. The molecule has 1 heterocycles. The molecular weight excluding hydrogens is 324 g/mol. The molecule has 2 aromatic carbocycles. The SMILES string of the molecule is COc1ccccc1Nc1nc(C)cc(Nc2ccccc2Cl)n1. The number of aryl methyl sites for hydroxylation is 1. The molecule has 0 bridgehead atoms. The molecule has 2 N–H and O–H groups in total. The molecule has 0 amide bonds. The van der Waals surface area contributed by atoms with Crippen molar-refractivity contribution in [3.05, 3.63) is 65.3 Å². The van der Waals surface area contributed by atoms with Gasteiger partial charge in [-0.1, -0.05) is 35.9 Å². The first-order valence-electron chi connectivity index (χ1n) is 7.43. The smallest absolute Gasteiger partial charge is 0.229 e. The third-order valence-corrected chi connectivity index (χ3v) is 3.67. The molecule has 24 heavy (non-hydrogen) atoms. The summed E-state index contributed by atoms with van der Waals surface area (Å²) >= 11 is 6.19. The number of aromatic nitrogens is 2. The number of nitrogens with one attached hydrogen (secondary N) is 2. The van der Waals surface area contributed by atoms with Gasteiger partial charge in [0.05, 0.1) is 23.5 Å². The lowest BCUT2D eigenvalue weighted by atomic mass is 10.3. The molecule has 122 valence electrons. The Labute approximate surface area is 145 Å². The van der Waals surface area contributed by atoms with Crippen LogP contribution in [0.4, 0.5) is 23.1 Å². The second-order valence-corrected chi connectivity index (χ2v) is 5.56. The summed E-state index contributed by atoms with van der Waals surface area (Å²) in [6.07, 6.45) is 0. The molecule has 0 saturated carbocycles. The van der Waals surface area contributed by atoms with E-state index in [1.165, 1.54) is 0 Å². The number of halogens is 1. The van der Waals surface area contributed by atoms with E-state index in [-0.39, 0.29) is 0 Å². The van der Waals surface area contributed by atoms with Crippen LogP contribution < -0.4 is 15.4 Å². The van der Waals surface area contributed by atoms with Crippen LogP contribution in [-0.2, 0) is 0 Å². The van der Waals surface area contributed by atoms with E-state index in [0.717, 1.165) is 22.8 Å². The molecule has 0 spiro atoms. The lowest BCUT2D eigenvalue weighted by Crippen LogP contribution is -2.03. The third-order valence-electron chi connectivity index (χ3n) is 3.34. The molecular formula is C18H17ClN4O. The zero-order chi connectivity index (χ0) is 16.9. The molecule has 5 nitrogen and oxygen atoms in total. The number of hydrogen-bond donors (Lipinski definition) is 2. The molecule has 3 aromatic rings. The minimum atomic E-state index is 0.481. The molecule has 0 saturated heterocycles. The number of nitrogens with zero attached hydrogens (tertiary/aromatic N) is 2. The van der Waals surface area contributed by atoms with Crippen molar-refractivity contribution in [3.8, 4) is 5.75 Å². The van der Waals surface area contributed by atoms with Gasteiger partial charge in [-0.3, -0.25) is 0 Å². The van der Waals surface area contributed by atoms with Crippen LogP contribution in [0.15, 0.2) is 54.6 Å². The van der Waals surface area contributed by atoms with E-state index in [1.807, 2.05) is 61.5 Å². The van der Waals surface area contributed by atoms with Crippen LogP contribution in [0.3, 0.4) is 0 Å². The Morgan fingerprint density at radius 3 is 2.38 bits per heavy atom. The van der Waals surface area contributed by atoms with Crippen molar-refractivity contribution in [2.24, 2.45) is 0 Å². The number of rotatable bonds is 5. The molecule has 3 rings (SSSR count). The van der Waals surface area contributed by atoms with Gasteiger partial charge < -0.3 is 15.4 Å². The monoisotopic (exact) mass is 340 g/mol. The third kappa shape index (κ3) is 3.75. The minimum absolute atomic E-state index is 0.481. The number of para-hydroxylation sites is 3. The quantitative estimate of drug-likeness (QED) is 0.689. The average Bonchev–Trinajstić information content (AvgIpc) is 2.57. The average molecular weight is 341 g/mol. The zero-order valence-corrected chi connectivity index (χ0v) is 14.1. The second kappa shape index (κ2) is 7.19. The highest BCUT2D eigenvalue weighted by atomic mass is 35.5. The first kappa shape index (κ1) is 16.1. The fourth-order valence-electron chi connectivity index (χ4n) is 2.26.